The number of sulfonamides is 1. The topological polar surface area (TPSA) is 132 Å². The molecule has 0 spiro atoms. The standard InChI is InChI=1S/C22H24Cl2N4O5S/c1-14-12-15(22(30)31)7-11-28(14)21(29)19(8-10-27-9-3-4-16(27)13-25)26-34(32,33)20-17(23)5-2-6-18(20)24/h2-6,9,14-15,19,26H,7-8,10-12H2,1H3,(H,30,31). The summed E-state index contributed by atoms with van der Waals surface area (Å²) >= 11 is 12.2. The number of benzene rings is 1. The summed E-state index contributed by atoms with van der Waals surface area (Å²) in [6.07, 6.45) is 2.26. The van der Waals surface area contributed by atoms with Gasteiger partial charge in [-0.25, -0.2) is 8.42 Å². The van der Waals surface area contributed by atoms with E-state index in [9.17, 15) is 28.4 Å². The highest BCUT2D eigenvalue weighted by Gasteiger charge is 2.37. The van der Waals surface area contributed by atoms with Crippen LogP contribution in [0.5, 0.6) is 0 Å². The van der Waals surface area contributed by atoms with Crippen molar-refractivity contribution >= 4 is 45.1 Å². The van der Waals surface area contributed by atoms with E-state index in [1.54, 1.807) is 29.8 Å². The highest BCUT2D eigenvalue weighted by molar-refractivity contribution is 7.89. The third-order valence-corrected chi connectivity index (χ3v) is 8.32. The minimum Gasteiger partial charge on any atom is -0.481 e. The largest absolute Gasteiger partial charge is 0.481 e. The quantitative estimate of drug-likeness (QED) is 0.542. The number of nitrogens with one attached hydrogen (secondary N) is 1. The number of aromatic nitrogens is 1. The van der Waals surface area contributed by atoms with Crippen LogP contribution in [-0.4, -0.2) is 53.5 Å². The van der Waals surface area contributed by atoms with Crippen LogP contribution in [0.4, 0.5) is 0 Å². The molecule has 2 heterocycles. The first kappa shape index (κ1) is 26.0. The number of aryl methyl sites for hydroxylation is 1. The average molecular weight is 527 g/mol. The lowest BCUT2D eigenvalue weighted by Crippen LogP contribution is -2.54. The lowest BCUT2D eigenvalue weighted by Gasteiger charge is -2.38. The summed E-state index contributed by atoms with van der Waals surface area (Å²) in [5.74, 6) is -1.95. The van der Waals surface area contributed by atoms with Crippen molar-refractivity contribution in [2.24, 2.45) is 5.92 Å². The molecule has 0 bridgehead atoms. The molecule has 1 aromatic carbocycles. The zero-order chi connectivity index (χ0) is 25.0. The van der Waals surface area contributed by atoms with Gasteiger partial charge in [0.25, 0.3) is 0 Å². The van der Waals surface area contributed by atoms with Gasteiger partial charge in [-0.15, -0.1) is 0 Å². The summed E-state index contributed by atoms with van der Waals surface area (Å²) < 4.78 is 30.4. The fraction of sp³-hybridized carbons (Fsp3) is 0.409. The fourth-order valence-corrected chi connectivity index (χ4v) is 6.49. The van der Waals surface area contributed by atoms with E-state index in [1.165, 1.54) is 23.1 Å². The molecule has 1 aromatic heterocycles. The summed E-state index contributed by atoms with van der Waals surface area (Å²) in [7, 11) is -4.28. The minimum absolute atomic E-state index is 0.0507. The van der Waals surface area contributed by atoms with Gasteiger partial charge in [-0.2, -0.15) is 9.98 Å². The molecule has 1 aliphatic rings. The molecule has 3 unspecified atom stereocenters. The number of likely N-dealkylation sites (tertiary alicyclic amines) is 1. The SMILES string of the molecule is CC1CC(C(=O)O)CCN1C(=O)C(CCn1cccc1C#N)NS(=O)(=O)c1c(Cl)cccc1Cl. The maximum Gasteiger partial charge on any atom is 0.306 e. The Morgan fingerprint density at radius 3 is 2.53 bits per heavy atom. The third kappa shape index (κ3) is 5.73. The van der Waals surface area contributed by atoms with Gasteiger partial charge in [0.1, 0.15) is 22.7 Å². The number of halogens is 2. The highest BCUT2D eigenvalue weighted by atomic mass is 35.5. The predicted molar refractivity (Wildman–Crippen MR) is 126 cm³/mol. The van der Waals surface area contributed by atoms with Gasteiger partial charge in [-0.05, 0) is 50.5 Å². The number of carbonyl (C=O) groups is 2. The lowest BCUT2D eigenvalue weighted by atomic mass is 9.91. The Balaban J connectivity index is 1.88. The van der Waals surface area contributed by atoms with E-state index in [1.807, 2.05) is 6.07 Å². The van der Waals surface area contributed by atoms with Crippen molar-refractivity contribution in [1.82, 2.24) is 14.2 Å². The molecule has 1 saturated heterocycles. The molecule has 3 rings (SSSR count). The average Bonchev–Trinajstić information content (AvgIpc) is 3.23. The van der Waals surface area contributed by atoms with Crippen LogP contribution in [0.15, 0.2) is 41.4 Å². The molecule has 182 valence electrons. The second-order valence-corrected chi connectivity index (χ2v) is 10.6. The Labute approximate surface area is 207 Å². The molecule has 2 N–H and O–H groups in total. The van der Waals surface area contributed by atoms with Crippen LogP contribution in [0.3, 0.4) is 0 Å². The Kier molecular flexibility index (Phi) is 8.25. The zero-order valence-corrected chi connectivity index (χ0v) is 20.6. The van der Waals surface area contributed by atoms with Crippen molar-refractivity contribution in [3.05, 3.63) is 52.3 Å². The molecule has 1 amide bonds. The maximum absolute atomic E-state index is 13.5. The zero-order valence-electron chi connectivity index (χ0n) is 18.3. The summed E-state index contributed by atoms with van der Waals surface area (Å²) in [5.41, 5.74) is 0.374. The lowest BCUT2D eigenvalue weighted by molar-refractivity contribution is -0.148. The third-order valence-electron chi connectivity index (χ3n) is 5.89. The summed E-state index contributed by atoms with van der Waals surface area (Å²) in [4.78, 5) is 26.0. The second kappa shape index (κ2) is 10.8. The van der Waals surface area contributed by atoms with E-state index in [4.69, 9.17) is 23.2 Å². The summed E-state index contributed by atoms with van der Waals surface area (Å²) in [6, 6.07) is 8.05. The van der Waals surface area contributed by atoms with Gasteiger partial charge in [0.2, 0.25) is 15.9 Å². The van der Waals surface area contributed by atoms with Crippen molar-refractivity contribution in [2.75, 3.05) is 6.54 Å². The van der Waals surface area contributed by atoms with Crippen LogP contribution in [0, 0.1) is 17.2 Å². The number of hydrogen-bond acceptors (Lipinski definition) is 5. The molecule has 1 fully saturated rings. The van der Waals surface area contributed by atoms with Crippen molar-refractivity contribution in [1.29, 1.82) is 5.26 Å². The van der Waals surface area contributed by atoms with Crippen LogP contribution in [0.2, 0.25) is 10.0 Å². The van der Waals surface area contributed by atoms with E-state index in [2.05, 4.69) is 4.72 Å². The van der Waals surface area contributed by atoms with Crippen molar-refractivity contribution in [3.63, 3.8) is 0 Å². The normalized spacial score (nSPS) is 19.4. The number of carboxylic acids is 1. The number of nitrogens with zero attached hydrogens (tertiary/aromatic N) is 3. The monoisotopic (exact) mass is 526 g/mol. The van der Waals surface area contributed by atoms with Crippen LogP contribution >= 0.6 is 23.2 Å². The Morgan fingerprint density at radius 2 is 1.94 bits per heavy atom. The van der Waals surface area contributed by atoms with Gasteiger partial charge >= 0.3 is 5.97 Å². The Bertz CT molecular complexity index is 1200. The van der Waals surface area contributed by atoms with Crippen LogP contribution in [0.1, 0.15) is 31.9 Å². The van der Waals surface area contributed by atoms with Crippen molar-refractivity contribution in [3.8, 4) is 6.07 Å². The predicted octanol–water partition coefficient (Wildman–Crippen LogP) is 3.12. The highest BCUT2D eigenvalue weighted by Crippen LogP contribution is 2.30. The van der Waals surface area contributed by atoms with Gasteiger partial charge < -0.3 is 14.6 Å². The smallest absolute Gasteiger partial charge is 0.306 e. The Hall–Kier alpha value is -2.58. The number of aliphatic carboxylic acids is 1. The molecule has 0 radical (unpaired) electrons. The van der Waals surface area contributed by atoms with E-state index in [0.717, 1.165) is 0 Å². The number of hydrogen-bond donors (Lipinski definition) is 2. The van der Waals surface area contributed by atoms with Gasteiger partial charge in [0, 0.05) is 25.3 Å². The van der Waals surface area contributed by atoms with Crippen LogP contribution < -0.4 is 4.72 Å². The summed E-state index contributed by atoms with van der Waals surface area (Å²) in [5, 5.41) is 18.4. The number of amides is 1. The second-order valence-electron chi connectivity index (χ2n) is 8.15. The van der Waals surface area contributed by atoms with E-state index in [-0.39, 0.29) is 53.3 Å². The van der Waals surface area contributed by atoms with E-state index in [0.29, 0.717) is 5.69 Å². The van der Waals surface area contributed by atoms with Crippen LogP contribution in [0.25, 0.3) is 0 Å². The van der Waals surface area contributed by atoms with Gasteiger partial charge in [0.05, 0.1) is 16.0 Å². The molecular formula is C22H24Cl2N4O5S. The van der Waals surface area contributed by atoms with Gasteiger partial charge in [-0.3, -0.25) is 9.59 Å². The number of carboxylic acid groups (broad SMARTS) is 1. The van der Waals surface area contributed by atoms with E-state index >= 15 is 0 Å². The van der Waals surface area contributed by atoms with Crippen molar-refractivity contribution in [2.45, 2.75) is 49.7 Å². The molecule has 3 atom stereocenters. The molecule has 9 nitrogen and oxygen atoms in total. The molecule has 0 aliphatic carbocycles. The fourth-order valence-electron chi connectivity index (χ4n) is 4.12. The number of piperidine rings is 1. The molecule has 1 aliphatic heterocycles. The first-order chi connectivity index (χ1) is 16.0. The molecular weight excluding hydrogens is 503 g/mol. The number of rotatable bonds is 8. The van der Waals surface area contributed by atoms with Gasteiger partial charge in [0.15, 0.2) is 0 Å². The Morgan fingerprint density at radius 1 is 1.26 bits per heavy atom. The summed E-state index contributed by atoms with van der Waals surface area (Å²) in [6.45, 7) is 2.13. The number of carbonyl (C=O) groups excluding carboxylic acids is 1. The molecule has 0 saturated carbocycles. The first-order valence-electron chi connectivity index (χ1n) is 10.6. The molecule has 12 heteroatoms. The minimum atomic E-state index is -4.28. The van der Waals surface area contributed by atoms with Crippen molar-refractivity contribution < 1.29 is 23.1 Å². The van der Waals surface area contributed by atoms with E-state index < -0.39 is 33.9 Å². The molecule has 34 heavy (non-hydrogen) atoms. The maximum atomic E-state index is 13.5. The van der Waals surface area contributed by atoms with Crippen LogP contribution in [-0.2, 0) is 26.2 Å². The molecule has 2 aromatic rings. The first-order valence-corrected chi connectivity index (χ1v) is 12.8. The van der Waals surface area contributed by atoms with Gasteiger partial charge in [-0.1, -0.05) is 29.3 Å². The number of nitriles is 1.